The van der Waals surface area contributed by atoms with Gasteiger partial charge in [0.15, 0.2) is 5.16 Å². The van der Waals surface area contributed by atoms with Crippen molar-refractivity contribution in [1.29, 1.82) is 5.26 Å². The van der Waals surface area contributed by atoms with Crippen LogP contribution in [0.4, 0.5) is 0 Å². The molecule has 0 aliphatic carbocycles. The van der Waals surface area contributed by atoms with Crippen LogP contribution in [0.15, 0.2) is 70.9 Å². The summed E-state index contributed by atoms with van der Waals surface area (Å²) in [6, 6.07) is 19.0. The molecule has 0 aliphatic heterocycles. The van der Waals surface area contributed by atoms with Gasteiger partial charge in [0.2, 0.25) is 0 Å². The molecule has 0 aliphatic rings. The van der Waals surface area contributed by atoms with Crippen LogP contribution in [-0.2, 0) is 12.3 Å². The summed E-state index contributed by atoms with van der Waals surface area (Å²) in [5, 5.41) is 18.5. The molecule has 0 radical (unpaired) electrons. The summed E-state index contributed by atoms with van der Waals surface area (Å²) in [6.45, 7) is -0.0437. The smallest absolute Gasteiger partial charge is 0.262 e. The van der Waals surface area contributed by atoms with E-state index < -0.39 is 0 Å². The first-order chi connectivity index (χ1) is 13.3. The minimum atomic E-state index is -0.206. The summed E-state index contributed by atoms with van der Waals surface area (Å²) >= 11 is 1.42. The van der Waals surface area contributed by atoms with Crippen LogP contribution in [0.2, 0.25) is 0 Å². The van der Waals surface area contributed by atoms with Crippen molar-refractivity contribution in [2.24, 2.45) is 0 Å². The van der Waals surface area contributed by atoms with Gasteiger partial charge < -0.3 is 0 Å². The number of fused-ring (bicyclic) bond motifs is 1. The molecule has 4 aromatic rings. The van der Waals surface area contributed by atoms with E-state index in [0.29, 0.717) is 27.6 Å². The Balaban J connectivity index is 1.69. The second-order valence-corrected chi connectivity index (χ2v) is 6.64. The van der Waals surface area contributed by atoms with Gasteiger partial charge in [-0.05, 0) is 24.3 Å². The molecule has 0 saturated heterocycles. The number of benzene rings is 2. The summed E-state index contributed by atoms with van der Waals surface area (Å²) in [6.07, 6.45) is 1.65. The van der Waals surface area contributed by atoms with Crippen LogP contribution in [0.3, 0.4) is 0 Å². The van der Waals surface area contributed by atoms with Crippen molar-refractivity contribution in [3.63, 3.8) is 0 Å². The quantitative estimate of drug-likeness (QED) is 0.499. The summed E-state index contributed by atoms with van der Waals surface area (Å²) in [7, 11) is 0. The van der Waals surface area contributed by atoms with Crippen LogP contribution in [0.5, 0.6) is 0 Å². The number of aromatic nitrogens is 5. The van der Waals surface area contributed by atoms with Crippen LogP contribution in [-0.4, -0.2) is 24.3 Å². The molecule has 0 N–H and O–H groups in total. The highest BCUT2D eigenvalue weighted by Gasteiger charge is 2.13. The zero-order valence-corrected chi connectivity index (χ0v) is 15.0. The highest BCUT2D eigenvalue weighted by atomic mass is 32.2. The second kappa shape index (κ2) is 7.43. The molecule has 0 fully saturated rings. The largest absolute Gasteiger partial charge is 0.281 e. The molecule has 0 spiro atoms. The van der Waals surface area contributed by atoms with Crippen molar-refractivity contribution in [1.82, 2.24) is 24.3 Å². The maximum absolute atomic E-state index is 12.7. The molecular formula is C19H14N6OS. The molecule has 27 heavy (non-hydrogen) atoms. The number of para-hydroxylation sites is 2. The molecule has 132 valence electrons. The van der Waals surface area contributed by atoms with E-state index in [4.69, 9.17) is 5.26 Å². The van der Waals surface area contributed by atoms with E-state index in [1.165, 1.54) is 16.3 Å². The van der Waals surface area contributed by atoms with Gasteiger partial charge in [0.05, 0.1) is 22.7 Å². The van der Waals surface area contributed by atoms with E-state index >= 15 is 0 Å². The lowest BCUT2D eigenvalue weighted by atomic mass is 10.2. The standard InChI is InChI=1S/C19H14N6OS/c20-10-11-24-17(22-16-9-5-4-8-15(16)18(24)26)12-27-19-23-21-13-25(19)14-6-2-1-3-7-14/h1-9,13H,11-12H2. The van der Waals surface area contributed by atoms with Gasteiger partial charge in [-0.1, -0.05) is 42.1 Å². The number of nitrogens with zero attached hydrogens (tertiary/aromatic N) is 6. The normalized spacial score (nSPS) is 10.8. The van der Waals surface area contributed by atoms with Crippen molar-refractivity contribution >= 4 is 22.7 Å². The van der Waals surface area contributed by atoms with Gasteiger partial charge in [-0.3, -0.25) is 13.9 Å². The Kier molecular flexibility index (Phi) is 4.68. The molecule has 7 nitrogen and oxygen atoms in total. The Morgan fingerprint density at radius 3 is 2.67 bits per heavy atom. The lowest BCUT2D eigenvalue weighted by Gasteiger charge is -2.11. The van der Waals surface area contributed by atoms with Gasteiger partial charge >= 0.3 is 0 Å². The predicted octanol–water partition coefficient (Wildman–Crippen LogP) is 2.79. The second-order valence-electron chi connectivity index (χ2n) is 5.70. The lowest BCUT2D eigenvalue weighted by molar-refractivity contribution is 0.729. The van der Waals surface area contributed by atoms with Crippen LogP contribution < -0.4 is 5.56 Å². The minimum Gasteiger partial charge on any atom is -0.281 e. The van der Waals surface area contributed by atoms with E-state index in [0.717, 1.165) is 5.69 Å². The van der Waals surface area contributed by atoms with Crippen molar-refractivity contribution in [3.05, 3.63) is 77.1 Å². The molecule has 4 rings (SSSR count). The predicted molar refractivity (Wildman–Crippen MR) is 103 cm³/mol. The molecule has 0 bridgehead atoms. The topological polar surface area (TPSA) is 89.4 Å². The van der Waals surface area contributed by atoms with E-state index in [1.807, 2.05) is 47.0 Å². The summed E-state index contributed by atoms with van der Waals surface area (Å²) in [5.74, 6) is 0.931. The molecular weight excluding hydrogens is 360 g/mol. The third-order valence-electron chi connectivity index (χ3n) is 4.05. The maximum atomic E-state index is 12.7. The molecule has 2 aromatic heterocycles. The Hall–Kier alpha value is -3.44. The van der Waals surface area contributed by atoms with E-state index in [-0.39, 0.29) is 12.1 Å². The summed E-state index contributed by atoms with van der Waals surface area (Å²) in [4.78, 5) is 17.3. The first kappa shape index (κ1) is 17.0. The summed E-state index contributed by atoms with van der Waals surface area (Å²) in [5.41, 5.74) is 1.37. The average Bonchev–Trinajstić information content (AvgIpc) is 3.18. The van der Waals surface area contributed by atoms with Crippen LogP contribution in [0.1, 0.15) is 5.82 Å². The SMILES string of the molecule is N#CCn1c(CSc2nncn2-c2ccccc2)nc2ccccc2c1=O. The number of thioether (sulfide) groups is 1. The minimum absolute atomic E-state index is 0.0437. The van der Waals surface area contributed by atoms with E-state index in [9.17, 15) is 4.79 Å². The van der Waals surface area contributed by atoms with E-state index in [2.05, 4.69) is 15.2 Å². The van der Waals surface area contributed by atoms with Crippen LogP contribution >= 0.6 is 11.8 Å². The third kappa shape index (κ3) is 3.32. The van der Waals surface area contributed by atoms with Crippen molar-refractivity contribution in [2.75, 3.05) is 0 Å². The van der Waals surface area contributed by atoms with Gasteiger partial charge in [-0.2, -0.15) is 5.26 Å². The Bertz CT molecular complexity index is 1190. The monoisotopic (exact) mass is 374 g/mol. The number of rotatable bonds is 5. The molecule has 2 heterocycles. The molecule has 0 unspecified atom stereocenters. The van der Waals surface area contributed by atoms with Gasteiger partial charge in [0, 0.05) is 5.69 Å². The number of hydrogen-bond acceptors (Lipinski definition) is 6. The molecule has 2 aromatic carbocycles. The highest BCUT2D eigenvalue weighted by Crippen LogP contribution is 2.23. The van der Waals surface area contributed by atoms with Crippen molar-refractivity contribution < 1.29 is 0 Å². The zero-order valence-electron chi connectivity index (χ0n) is 14.2. The Morgan fingerprint density at radius 1 is 1.07 bits per heavy atom. The summed E-state index contributed by atoms with van der Waals surface area (Å²) < 4.78 is 3.29. The highest BCUT2D eigenvalue weighted by molar-refractivity contribution is 7.98. The van der Waals surface area contributed by atoms with Gasteiger partial charge in [-0.15, -0.1) is 10.2 Å². The zero-order chi connectivity index (χ0) is 18.6. The van der Waals surface area contributed by atoms with E-state index in [1.54, 1.807) is 24.5 Å². The lowest BCUT2D eigenvalue weighted by Crippen LogP contribution is -2.24. The Labute approximate surface area is 158 Å². The maximum Gasteiger partial charge on any atom is 0.262 e. The molecule has 0 saturated carbocycles. The average molecular weight is 374 g/mol. The van der Waals surface area contributed by atoms with Crippen molar-refractivity contribution in [2.45, 2.75) is 17.5 Å². The molecule has 0 atom stereocenters. The molecule has 8 heteroatoms. The first-order valence-electron chi connectivity index (χ1n) is 8.21. The van der Waals surface area contributed by atoms with Gasteiger partial charge in [0.25, 0.3) is 5.56 Å². The third-order valence-corrected chi connectivity index (χ3v) is 4.99. The molecule has 0 amide bonds. The Morgan fingerprint density at radius 2 is 1.85 bits per heavy atom. The fourth-order valence-electron chi connectivity index (χ4n) is 2.78. The first-order valence-corrected chi connectivity index (χ1v) is 9.20. The number of nitriles is 1. The van der Waals surface area contributed by atoms with Gasteiger partial charge in [-0.25, -0.2) is 4.98 Å². The number of hydrogen-bond donors (Lipinski definition) is 0. The van der Waals surface area contributed by atoms with Crippen LogP contribution in [0.25, 0.3) is 16.6 Å². The fourth-order valence-corrected chi connectivity index (χ4v) is 3.65. The fraction of sp³-hybridized carbons (Fsp3) is 0.105. The van der Waals surface area contributed by atoms with Crippen molar-refractivity contribution in [3.8, 4) is 11.8 Å². The van der Waals surface area contributed by atoms with Crippen LogP contribution in [0, 0.1) is 11.3 Å². The van der Waals surface area contributed by atoms with Gasteiger partial charge in [0.1, 0.15) is 18.7 Å².